The predicted molar refractivity (Wildman–Crippen MR) is 147 cm³/mol. The average molecular weight is 483 g/mol. The van der Waals surface area contributed by atoms with Crippen molar-refractivity contribution in [1.29, 1.82) is 0 Å². The fourth-order valence-corrected chi connectivity index (χ4v) is 8.59. The van der Waals surface area contributed by atoms with Crippen LogP contribution >= 0.6 is 0 Å². The third kappa shape index (κ3) is 4.06. The van der Waals surface area contributed by atoms with Gasteiger partial charge in [-0.25, -0.2) is 4.58 Å². The van der Waals surface area contributed by atoms with Crippen molar-refractivity contribution in [3.8, 4) is 0 Å². The Morgan fingerprint density at radius 2 is 1.69 bits per heavy atom. The van der Waals surface area contributed by atoms with E-state index in [0.717, 1.165) is 24.4 Å². The monoisotopic (exact) mass is 482 g/mol. The van der Waals surface area contributed by atoms with E-state index in [1.165, 1.54) is 38.3 Å². The second kappa shape index (κ2) is 9.00. The summed E-state index contributed by atoms with van der Waals surface area (Å²) in [5.41, 5.74) is 18.4. The predicted octanol–water partition coefficient (Wildman–Crippen LogP) is 4.25. The third-order valence-electron chi connectivity index (χ3n) is 7.34. The SMILES string of the molecule is Cc1ccc2c(c1)[Si](C)(C)c1cc(N(C)C)ccc1C2=C1C=C(N=[N+]=[N-])C=CC1=[N+]1CCOCC1. The summed E-state index contributed by atoms with van der Waals surface area (Å²) in [6, 6.07) is 13.8. The molecule has 5 rings (SSSR count). The Morgan fingerprint density at radius 1 is 1.00 bits per heavy atom. The molecule has 0 bridgehead atoms. The number of fused-ring (bicyclic) bond motifs is 2. The van der Waals surface area contributed by atoms with Gasteiger partial charge in [0.2, 0.25) is 5.71 Å². The lowest BCUT2D eigenvalue weighted by atomic mass is 9.87. The summed E-state index contributed by atoms with van der Waals surface area (Å²) in [4.78, 5) is 5.25. The molecule has 35 heavy (non-hydrogen) atoms. The molecule has 0 N–H and O–H groups in total. The van der Waals surface area contributed by atoms with Crippen LogP contribution in [0.1, 0.15) is 16.7 Å². The number of benzene rings is 2. The van der Waals surface area contributed by atoms with Crippen LogP contribution in [0.25, 0.3) is 16.0 Å². The minimum atomic E-state index is -1.96. The van der Waals surface area contributed by atoms with Crippen LogP contribution in [-0.4, -0.2) is 58.8 Å². The first-order valence-electron chi connectivity index (χ1n) is 12.1. The minimum absolute atomic E-state index is 0.634. The molecule has 0 aromatic heterocycles. The van der Waals surface area contributed by atoms with Gasteiger partial charge in [0.1, 0.15) is 21.3 Å². The van der Waals surface area contributed by atoms with E-state index in [4.69, 9.17) is 10.3 Å². The van der Waals surface area contributed by atoms with E-state index in [0.29, 0.717) is 18.9 Å². The van der Waals surface area contributed by atoms with E-state index in [1.807, 2.05) is 6.08 Å². The lowest BCUT2D eigenvalue weighted by Crippen LogP contribution is -2.58. The lowest BCUT2D eigenvalue weighted by molar-refractivity contribution is -0.548. The smallest absolute Gasteiger partial charge is 0.208 e. The number of rotatable bonds is 2. The topological polar surface area (TPSA) is 64.2 Å². The van der Waals surface area contributed by atoms with Crippen LogP contribution in [0.2, 0.25) is 13.1 Å². The standard InChI is InChI=1S/C28H32N5OSi/c1-19-6-9-22-26(16-19)35(4,5)27-18-21(32(2)3)8-10-23(27)28(22)24-17-20(30-31-29)7-11-25(24)33-12-14-34-15-13-33/h6-11,16-18H,12-15H2,1-5H3/q+1. The Labute approximate surface area is 208 Å². The van der Waals surface area contributed by atoms with Crippen LogP contribution in [0.5, 0.6) is 0 Å². The first-order valence-corrected chi connectivity index (χ1v) is 15.1. The summed E-state index contributed by atoms with van der Waals surface area (Å²) in [5.74, 6) is 0. The molecule has 2 aromatic carbocycles. The summed E-state index contributed by atoms with van der Waals surface area (Å²) in [6.07, 6.45) is 6.09. The zero-order valence-corrected chi connectivity index (χ0v) is 22.2. The van der Waals surface area contributed by atoms with Gasteiger partial charge in [0.15, 0.2) is 13.1 Å². The van der Waals surface area contributed by atoms with Crippen LogP contribution in [0.4, 0.5) is 5.69 Å². The molecule has 0 spiro atoms. The fraction of sp³-hybridized carbons (Fsp3) is 0.321. The van der Waals surface area contributed by atoms with E-state index in [1.54, 1.807) is 0 Å². The number of hydrogen-bond donors (Lipinski definition) is 0. The molecule has 2 aliphatic heterocycles. The van der Waals surface area contributed by atoms with Crippen molar-refractivity contribution in [2.45, 2.75) is 20.0 Å². The van der Waals surface area contributed by atoms with Crippen molar-refractivity contribution in [3.63, 3.8) is 0 Å². The van der Waals surface area contributed by atoms with Gasteiger partial charge in [0, 0.05) is 42.0 Å². The van der Waals surface area contributed by atoms with E-state index in [-0.39, 0.29) is 0 Å². The molecule has 1 aliphatic carbocycles. The Hall–Kier alpha value is -3.38. The number of hydrogen-bond acceptors (Lipinski definition) is 3. The molecule has 0 amide bonds. The normalized spacial score (nSPS) is 20.5. The van der Waals surface area contributed by atoms with Gasteiger partial charge in [0.25, 0.3) is 0 Å². The number of anilines is 1. The maximum atomic E-state index is 9.16. The number of allylic oxidation sites excluding steroid dienone is 4. The highest BCUT2D eigenvalue weighted by Gasteiger charge is 2.39. The Kier molecular flexibility index (Phi) is 6.01. The van der Waals surface area contributed by atoms with Gasteiger partial charge in [-0.15, -0.1) is 0 Å². The second-order valence-corrected chi connectivity index (χ2v) is 14.5. The molecule has 0 saturated carbocycles. The summed E-state index contributed by atoms with van der Waals surface area (Å²) in [5, 5.41) is 6.87. The number of aryl methyl sites for hydroxylation is 1. The molecule has 0 atom stereocenters. The van der Waals surface area contributed by atoms with Gasteiger partial charge < -0.3 is 9.64 Å². The maximum absolute atomic E-state index is 9.16. The molecule has 0 radical (unpaired) electrons. The van der Waals surface area contributed by atoms with Crippen LogP contribution in [0.3, 0.4) is 0 Å². The van der Waals surface area contributed by atoms with Crippen molar-refractivity contribution in [2.24, 2.45) is 5.11 Å². The number of morpholine rings is 1. The lowest BCUT2D eigenvalue weighted by Gasteiger charge is -2.37. The molecule has 1 saturated heterocycles. The van der Waals surface area contributed by atoms with Crippen LogP contribution < -0.4 is 15.3 Å². The van der Waals surface area contributed by atoms with E-state index < -0.39 is 8.07 Å². The molecule has 2 heterocycles. The number of ether oxygens (including phenoxy) is 1. The van der Waals surface area contributed by atoms with Crippen LogP contribution in [0.15, 0.2) is 71.0 Å². The van der Waals surface area contributed by atoms with Gasteiger partial charge >= 0.3 is 0 Å². The minimum Gasteiger partial charge on any atom is -0.378 e. The molecule has 7 heteroatoms. The molecular weight excluding hydrogens is 450 g/mol. The summed E-state index contributed by atoms with van der Waals surface area (Å²) in [6.45, 7) is 10.2. The highest BCUT2D eigenvalue weighted by atomic mass is 28.3. The molecule has 6 nitrogen and oxygen atoms in total. The molecular formula is C28H32N5OSi+. The van der Waals surface area contributed by atoms with Gasteiger partial charge in [-0.2, -0.15) is 0 Å². The van der Waals surface area contributed by atoms with Gasteiger partial charge in [-0.05, 0) is 58.2 Å². The van der Waals surface area contributed by atoms with Crippen molar-refractivity contribution < 1.29 is 9.31 Å². The van der Waals surface area contributed by atoms with Crippen LogP contribution in [0, 0.1) is 6.92 Å². The third-order valence-corrected chi connectivity index (χ3v) is 10.9. The Bertz CT molecular complexity index is 1380. The van der Waals surface area contributed by atoms with Crippen molar-refractivity contribution >= 4 is 35.4 Å². The summed E-state index contributed by atoms with van der Waals surface area (Å²) < 4.78 is 8.04. The van der Waals surface area contributed by atoms with E-state index in [9.17, 15) is 0 Å². The van der Waals surface area contributed by atoms with Gasteiger partial charge in [-0.3, -0.25) is 0 Å². The second-order valence-electron chi connectivity index (χ2n) is 10.2. The van der Waals surface area contributed by atoms with Crippen molar-refractivity contribution in [3.05, 3.63) is 93.0 Å². The van der Waals surface area contributed by atoms with E-state index >= 15 is 0 Å². The first kappa shape index (κ1) is 23.4. The van der Waals surface area contributed by atoms with E-state index in [2.05, 4.69) is 102 Å². The zero-order chi connectivity index (χ0) is 24.7. The van der Waals surface area contributed by atoms with Gasteiger partial charge in [0.05, 0.1) is 5.57 Å². The largest absolute Gasteiger partial charge is 0.378 e. The summed E-state index contributed by atoms with van der Waals surface area (Å²) >= 11 is 0. The first-order chi connectivity index (χ1) is 16.8. The molecule has 178 valence electrons. The number of nitrogens with zero attached hydrogens (tertiary/aromatic N) is 5. The van der Waals surface area contributed by atoms with Crippen molar-refractivity contribution in [1.82, 2.24) is 0 Å². The van der Waals surface area contributed by atoms with Gasteiger partial charge in [-0.1, -0.05) is 48.0 Å². The number of azide groups is 1. The van der Waals surface area contributed by atoms with Crippen LogP contribution in [-0.2, 0) is 4.74 Å². The Balaban J connectivity index is 1.90. The molecule has 2 aromatic rings. The molecule has 0 unspecified atom stereocenters. The fourth-order valence-electron chi connectivity index (χ4n) is 5.44. The zero-order valence-electron chi connectivity index (χ0n) is 21.2. The maximum Gasteiger partial charge on any atom is 0.208 e. The highest BCUT2D eigenvalue weighted by Crippen LogP contribution is 2.36. The molecule has 3 aliphatic rings. The molecule has 1 fully saturated rings. The van der Waals surface area contributed by atoms with Crippen molar-refractivity contribution in [2.75, 3.05) is 45.3 Å². The Morgan fingerprint density at radius 3 is 2.37 bits per heavy atom. The summed E-state index contributed by atoms with van der Waals surface area (Å²) in [7, 11) is 2.23. The highest BCUT2D eigenvalue weighted by molar-refractivity contribution is 7.02. The quantitative estimate of drug-likeness (QED) is 0.211. The average Bonchev–Trinajstić information content (AvgIpc) is 2.85.